The summed E-state index contributed by atoms with van der Waals surface area (Å²) in [5.41, 5.74) is 0.828. The summed E-state index contributed by atoms with van der Waals surface area (Å²) in [6.45, 7) is 2.56. The molecule has 0 aliphatic carbocycles. The van der Waals surface area contributed by atoms with Crippen molar-refractivity contribution in [2.45, 2.75) is 13.8 Å². The smallest absolute Gasteiger partial charge is 0.341 e. The number of hydrogen-bond acceptors (Lipinski definition) is 3. The number of hydrogen-bond donors (Lipinski definition) is 2. The van der Waals surface area contributed by atoms with Gasteiger partial charge in [-0.25, -0.2) is 4.79 Å². The summed E-state index contributed by atoms with van der Waals surface area (Å²) in [5, 5.41) is 16.4. The van der Waals surface area contributed by atoms with Crippen LogP contribution in [0.2, 0.25) is 5.02 Å². The first-order valence-electron chi connectivity index (χ1n) is 4.63. The minimum Gasteiger partial charge on any atom is -0.482 e. The number of carboxylic acids is 2. The van der Waals surface area contributed by atoms with Crippen LogP contribution >= 0.6 is 11.6 Å². The normalized spacial score (nSPS) is 8.88. The van der Waals surface area contributed by atoms with Crippen molar-refractivity contribution in [1.82, 2.24) is 0 Å². The van der Waals surface area contributed by atoms with E-state index in [4.69, 9.17) is 31.3 Å². The Morgan fingerprint density at radius 1 is 1.35 bits per heavy atom. The van der Waals surface area contributed by atoms with E-state index < -0.39 is 11.9 Å². The van der Waals surface area contributed by atoms with Crippen LogP contribution in [0.15, 0.2) is 18.2 Å². The van der Waals surface area contributed by atoms with Crippen molar-refractivity contribution in [3.8, 4) is 5.75 Å². The third kappa shape index (κ3) is 8.10. The van der Waals surface area contributed by atoms with Crippen LogP contribution < -0.4 is 4.74 Å². The van der Waals surface area contributed by atoms with Gasteiger partial charge in [0.15, 0.2) is 6.61 Å². The zero-order chi connectivity index (χ0) is 13.4. The number of ether oxygens (including phenoxy) is 1. The van der Waals surface area contributed by atoms with Crippen LogP contribution in [0, 0.1) is 6.92 Å². The molecule has 1 aromatic carbocycles. The number of halogens is 1. The number of rotatable bonds is 3. The molecule has 0 aliphatic rings. The van der Waals surface area contributed by atoms with Crippen molar-refractivity contribution >= 4 is 23.5 Å². The number of aryl methyl sites for hydroxylation is 1. The second-order valence-corrected chi connectivity index (χ2v) is 3.55. The van der Waals surface area contributed by atoms with Gasteiger partial charge in [0, 0.05) is 11.9 Å². The summed E-state index contributed by atoms with van der Waals surface area (Å²) in [7, 11) is 0. The fourth-order valence-corrected chi connectivity index (χ4v) is 1.14. The van der Waals surface area contributed by atoms with Crippen LogP contribution in [0.4, 0.5) is 0 Å². The van der Waals surface area contributed by atoms with Crippen molar-refractivity contribution in [3.63, 3.8) is 0 Å². The van der Waals surface area contributed by atoms with Crippen molar-refractivity contribution in [1.29, 1.82) is 0 Å². The molecule has 0 fully saturated rings. The Labute approximate surface area is 104 Å². The predicted molar refractivity (Wildman–Crippen MR) is 62.6 cm³/mol. The summed E-state index contributed by atoms with van der Waals surface area (Å²) >= 11 is 5.71. The van der Waals surface area contributed by atoms with E-state index in [1.807, 2.05) is 6.92 Å². The van der Waals surface area contributed by atoms with Crippen molar-refractivity contribution < 1.29 is 24.5 Å². The zero-order valence-electron chi connectivity index (χ0n) is 9.44. The highest BCUT2D eigenvalue weighted by atomic mass is 35.5. The molecule has 1 aromatic rings. The standard InChI is InChI=1S/C9H9ClO3.C2H4O2/c1-6-4-7(10)2-3-8(6)13-5-9(11)12;1-2(3)4/h2-4H,5H2,1H3,(H,11,12);1H3,(H,3,4). The molecule has 0 radical (unpaired) electrons. The topological polar surface area (TPSA) is 83.8 Å². The second kappa shape index (κ2) is 7.51. The Kier molecular flexibility index (Phi) is 6.74. The lowest BCUT2D eigenvalue weighted by molar-refractivity contribution is -0.139. The van der Waals surface area contributed by atoms with Crippen molar-refractivity contribution in [3.05, 3.63) is 28.8 Å². The number of benzene rings is 1. The highest BCUT2D eigenvalue weighted by Gasteiger charge is 2.02. The first kappa shape index (κ1) is 15.2. The van der Waals surface area contributed by atoms with Gasteiger partial charge in [-0.15, -0.1) is 0 Å². The van der Waals surface area contributed by atoms with Gasteiger partial charge in [0.25, 0.3) is 5.97 Å². The van der Waals surface area contributed by atoms with E-state index in [2.05, 4.69) is 0 Å². The molecule has 0 atom stereocenters. The molecule has 17 heavy (non-hydrogen) atoms. The number of carboxylic acid groups (broad SMARTS) is 2. The summed E-state index contributed by atoms with van der Waals surface area (Å²) in [5.74, 6) is -1.28. The lowest BCUT2D eigenvalue weighted by Gasteiger charge is -2.06. The molecule has 0 spiro atoms. The molecule has 0 amide bonds. The van der Waals surface area contributed by atoms with E-state index in [0.29, 0.717) is 10.8 Å². The maximum atomic E-state index is 10.2. The van der Waals surface area contributed by atoms with Gasteiger partial charge in [0.1, 0.15) is 5.75 Å². The Bertz CT molecular complexity index is 399. The molecule has 0 aromatic heterocycles. The van der Waals surface area contributed by atoms with Gasteiger partial charge in [-0.05, 0) is 30.7 Å². The molecule has 0 bridgehead atoms. The highest BCUT2D eigenvalue weighted by Crippen LogP contribution is 2.21. The lowest BCUT2D eigenvalue weighted by Crippen LogP contribution is -2.09. The highest BCUT2D eigenvalue weighted by molar-refractivity contribution is 6.30. The minimum atomic E-state index is -0.991. The van der Waals surface area contributed by atoms with Gasteiger partial charge in [-0.1, -0.05) is 11.6 Å². The van der Waals surface area contributed by atoms with Crippen LogP contribution in [0.5, 0.6) is 5.75 Å². The minimum absolute atomic E-state index is 0.331. The van der Waals surface area contributed by atoms with E-state index in [0.717, 1.165) is 12.5 Å². The SMILES string of the molecule is CC(=O)O.Cc1cc(Cl)ccc1OCC(=O)O. The van der Waals surface area contributed by atoms with Gasteiger partial charge in [-0.3, -0.25) is 4.79 Å². The first-order chi connectivity index (χ1) is 7.82. The fourth-order valence-electron chi connectivity index (χ4n) is 0.914. The van der Waals surface area contributed by atoms with Crippen molar-refractivity contribution in [2.24, 2.45) is 0 Å². The van der Waals surface area contributed by atoms with Crippen LogP contribution in [0.25, 0.3) is 0 Å². The maximum absolute atomic E-state index is 10.2. The average Bonchev–Trinajstić information content (AvgIpc) is 2.15. The first-order valence-corrected chi connectivity index (χ1v) is 5.01. The van der Waals surface area contributed by atoms with E-state index in [-0.39, 0.29) is 6.61 Å². The molecular formula is C11H13ClO5. The zero-order valence-corrected chi connectivity index (χ0v) is 10.2. The van der Waals surface area contributed by atoms with Gasteiger partial charge < -0.3 is 14.9 Å². The van der Waals surface area contributed by atoms with E-state index in [1.165, 1.54) is 0 Å². The second-order valence-electron chi connectivity index (χ2n) is 3.11. The molecule has 2 N–H and O–H groups in total. The molecule has 0 heterocycles. The monoisotopic (exact) mass is 260 g/mol. The molecular weight excluding hydrogens is 248 g/mol. The summed E-state index contributed by atoms with van der Waals surface area (Å²) in [4.78, 5) is 19.2. The third-order valence-corrected chi connectivity index (χ3v) is 1.72. The Hall–Kier alpha value is -1.75. The summed E-state index contributed by atoms with van der Waals surface area (Å²) < 4.78 is 5.00. The van der Waals surface area contributed by atoms with Crippen LogP contribution in [0.3, 0.4) is 0 Å². The average molecular weight is 261 g/mol. The van der Waals surface area contributed by atoms with Gasteiger partial charge in [0.05, 0.1) is 0 Å². The molecule has 5 nitrogen and oxygen atoms in total. The third-order valence-electron chi connectivity index (χ3n) is 1.49. The number of carbonyl (C=O) groups is 2. The predicted octanol–water partition coefficient (Wildman–Crippen LogP) is 2.20. The fraction of sp³-hybridized carbons (Fsp3) is 0.273. The summed E-state index contributed by atoms with van der Waals surface area (Å²) in [6.07, 6.45) is 0. The molecule has 0 aliphatic heterocycles. The Balaban J connectivity index is 0.000000557. The van der Waals surface area contributed by atoms with Gasteiger partial charge >= 0.3 is 5.97 Å². The Morgan fingerprint density at radius 3 is 2.29 bits per heavy atom. The van der Waals surface area contributed by atoms with E-state index >= 15 is 0 Å². The Morgan fingerprint density at radius 2 is 1.88 bits per heavy atom. The van der Waals surface area contributed by atoms with Crippen LogP contribution in [-0.4, -0.2) is 28.8 Å². The van der Waals surface area contributed by atoms with E-state index in [1.54, 1.807) is 18.2 Å². The maximum Gasteiger partial charge on any atom is 0.341 e. The van der Waals surface area contributed by atoms with E-state index in [9.17, 15) is 4.79 Å². The molecule has 94 valence electrons. The van der Waals surface area contributed by atoms with Gasteiger partial charge in [-0.2, -0.15) is 0 Å². The molecule has 6 heteroatoms. The van der Waals surface area contributed by atoms with Gasteiger partial charge in [0.2, 0.25) is 0 Å². The molecule has 0 saturated heterocycles. The van der Waals surface area contributed by atoms with Crippen molar-refractivity contribution in [2.75, 3.05) is 6.61 Å². The summed E-state index contributed by atoms with van der Waals surface area (Å²) in [6, 6.07) is 5.03. The number of aliphatic carboxylic acids is 2. The molecule has 0 saturated carbocycles. The van der Waals surface area contributed by atoms with Crippen LogP contribution in [0.1, 0.15) is 12.5 Å². The van der Waals surface area contributed by atoms with Crippen LogP contribution in [-0.2, 0) is 9.59 Å². The molecule has 0 unspecified atom stereocenters. The lowest BCUT2D eigenvalue weighted by atomic mass is 10.2. The molecule has 1 rings (SSSR count). The largest absolute Gasteiger partial charge is 0.482 e. The quantitative estimate of drug-likeness (QED) is 0.870.